The van der Waals surface area contributed by atoms with Crippen LogP contribution in [0.1, 0.15) is 62.1 Å². The summed E-state index contributed by atoms with van der Waals surface area (Å²) in [6, 6.07) is 6.97. The first-order valence-electron chi connectivity index (χ1n) is 7.43. The molecule has 2 aromatic rings. The number of cyclic esters (lactones) is 4. The van der Waals surface area contributed by atoms with Crippen LogP contribution in [-0.4, -0.2) is 35.8 Å². The zero-order valence-electron chi connectivity index (χ0n) is 13.9. The Balaban J connectivity index is 0.000000200. The summed E-state index contributed by atoms with van der Waals surface area (Å²) in [5.41, 5.74) is -0.209. The van der Waals surface area contributed by atoms with E-state index < -0.39 is 35.8 Å². The topological polar surface area (TPSA) is 167 Å². The van der Waals surface area contributed by atoms with Gasteiger partial charge in [-0.05, 0) is 35.4 Å². The molecule has 0 bridgehead atoms. The SMILES string of the molecule is O=C([O-])c1ccc2c(c1)C(=O)OC2=O.O=C([O-])c1ccc2c(c1)C(=O)OC2=O.[Ni+2]. The first-order chi connectivity index (χ1) is 13.2. The summed E-state index contributed by atoms with van der Waals surface area (Å²) < 4.78 is 8.55. The Labute approximate surface area is 171 Å². The van der Waals surface area contributed by atoms with Gasteiger partial charge in [0.1, 0.15) is 0 Å². The number of rotatable bonds is 2. The maximum Gasteiger partial charge on any atom is 2.00 e. The van der Waals surface area contributed by atoms with Gasteiger partial charge >= 0.3 is 40.4 Å². The molecule has 0 spiro atoms. The van der Waals surface area contributed by atoms with Crippen molar-refractivity contribution < 1.29 is 64.9 Å². The number of hydrogen-bond donors (Lipinski definition) is 0. The van der Waals surface area contributed by atoms with Gasteiger partial charge in [-0.25, -0.2) is 19.2 Å². The Bertz CT molecular complexity index is 1010. The minimum atomic E-state index is -1.40. The molecule has 2 aliphatic rings. The Hall–Kier alpha value is -3.85. The second-order valence-electron chi connectivity index (χ2n) is 5.45. The molecule has 0 aliphatic carbocycles. The molecular formula is C18H6NiO10. The van der Waals surface area contributed by atoms with Crippen LogP contribution in [0.2, 0.25) is 0 Å². The summed E-state index contributed by atoms with van der Waals surface area (Å²) in [6.07, 6.45) is 0. The van der Waals surface area contributed by atoms with Crippen LogP contribution in [0.25, 0.3) is 0 Å². The van der Waals surface area contributed by atoms with Crippen molar-refractivity contribution in [1.82, 2.24) is 0 Å². The molecule has 148 valence electrons. The van der Waals surface area contributed by atoms with E-state index in [0.717, 1.165) is 12.1 Å². The van der Waals surface area contributed by atoms with Crippen LogP contribution in [-0.2, 0) is 26.0 Å². The van der Waals surface area contributed by atoms with Gasteiger partial charge in [0.25, 0.3) is 0 Å². The van der Waals surface area contributed by atoms with E-state index in [1.54, 1.807) is 0 Å². The molecule has 2 aromatic carbocycles. The Morgan fingerprint density at radius 3 is 1.21 bits per heavy atom. The van der Waals surface area contributed by atoms with Gasteiger partial charge in [0.2, 0.25) is 0 Å². The summed E-state index contributed by atoms with van der Waals surface area (Å²) in [4.78, 5) is 64.8. The average Bonchev–Trinajstić information content (AvgIpc) is 3.10. The van der Waals surface area contributed by atoms with Gasteiger partial charge in [-0.3, -0.25) is 0 Å². The first-order valence-corrected chi connectivity index (χ1v) is 7.43. The molecule has 29 heavy (non-hydrogen) atoms. The molecule has 2 heterocycles. The second-order valence-corrected chi connectivity index (χ2v) is 5.45. The zero-order valence-corrected chi connectivity index (χ0v) is 14.9. The molecule has 0 saturated heterocycles. The van der Waals surface area contributed by atoms with Crippen LogP contribution in [0.15, 0.2) is 36.4 Å². The van der Waals surface area contributed by atoms with E-state index in [0.29, 0.717) is 0 Å². The van der Waals surface area contributed by atoms with E-state index in [4.69, 9.17) is 0 Å². The van der Waals surface area contributed by atoms with Crippen LogP contribution < -0.4 is 10.2 Å². The smallest absolute Gasteiger partial charge is 0.545 e. The third-order valence-electron chi connectivity index (χ3n) is 3.76. The number of benzene rings is 2. The van der Waals surface area contributed by atoms with Gasteiger partial charge in [0.05, 0.1) is 34.2 Å². The van der Waals surface area contributed by atoms with Crippen molar-refractivity contribution >= 4 is 35.8 Å². The number of carbonyl (C=O) groups is 6. The molecule has 0 atom stereocenters. The molecule has 0 radical (unpaired) electrons. The van der Waals surface area contributed by atoms with Crippen molar-refractivity contribution in [2.45, 2.75) is 0 Å². The third kappa shape index (κ3) is 4.04. The fourth-order valence-electron chi connectivity index (χ4n) is 2.42. The van der Waals surface area contributed by atoms with Crippen LogP contribution >= 0.6 is 0 Å². The Kier molecular flexibility index (Phi) is 5.94. The monoisotopic (exact) mass is 440 g/mol. The minimum absolute atomic E-state index is 0. The van der Waals surface area contributed by atoms with Crippen molar-refractivity contribution in [2.24, 2.45) is 0 Å². The van der Waals surface area contributed by atoms with Crippen molar-refractivity contribution in [3.63, 3.8) is 0 Å². The van der Waals surface area contributed by atoms with Crippen LogP contribution in [0, 0.1) is 0 Å². The van der Waals surface area contributed by atoms with Gasteiger partial charge in [-0.1, -0.05) is 12.1 Å². The number of hydrogen-bond acceptors (Lipinski definition) is 10. The molecule has 0 amide bonds. The van der Waals surface area contributed by atoms with Gasteiger partial charge in [0.15, 0.2) is 0 Å². The largest absolute Gasteiger partial charge is 2.00 e. The number of fused-ring (bicyclic) bond motifs is 2. The van der Waals surface area contributed by atoms with E-state index >= 15 is 0 Å². The van der Waals surface area contributed by atoms with E-state index in [9.17, 15) is 39.0 Å². The molecular weight excluding hydrogens is 435 g/mol. The van der Waals surface area contributed by atoms with Crippen molar-refractivity contribution in [2.75, 3.05) is 0 Å². The van der Waals surface area contributed by atoms with Crippen LogP contribution in [0.4, 0.5) is 0 Å². The molecule has 11 heteroatoms. The standard InChI is InChI=1S/2C9H4O5.Ni/c2*10-7(11)4-1-2-5-6(3-4)9(13)14-8(5)12;/h2*1-3H,(H,10,11);/q;;+2/p-2. The van der Waals surface area contributed by atoms with E-state index in [2.05, 4.69) is 9.47 Å². The minimum Gasteiger partial charge on any atom is -0.545 e. The van der Waals surface area contributed by atoms with Crippen molar-refractivity contribution in [1.29, 1.82) is 0 Å². The fourth-order valence-corrected chi connectivity index (χ4v) is 2.42. The summed E-state index contributed by atoms with van der Waals surface area (Å²) in [7, 11) is 0. The number of esters is 4. The predicted octanol–water partition coefficient (Wildman–Crippen LogP) is -1.28. The zero-order chi connectivity index (χ0) is 20.6. The first kappa shape index (κ1) is 21.5. The van der Waals surface area contributed by atoms with Gasteiger partial charge in [0, 0.05) is 0 Å². The summed E-state index contributed by atoms with van der Waals surface area (Å²) in [6.45, 7) is 0. The molecule has 10 nitrogen and oxygen atoms in total. The normalized spacial score (nSPS) is 13.2. The average molecular weight is 441 g/mol. The fraction of sp³-hybridized carbons (Fsp3) is 0. The summed E-state index contributed by atoms with van der Waals surface area (Å²) in [5, 5.41) is 20.9. The molecule has 0 fully saturated rings. The predicted molar refractivity (Wildman–Crippen MR) is 81.0 cm³/mol. The maximum absolute atomic E-state index is 11.0. The molecule has 0 aromatic heterocycles. The van der Waals surface area contributed by atoms with Gasteiger partial charge in [-0.2, -0.15) is 0 Å². The van der Waals surface area contributed by atoms with Crippen LogP contribution in [0.3, 0.4) is 0 Å². The Morgan fingerprint density at radius 1 is 0.586 bits per heavy atom. The number of carboxylic acid groups (broad SMARTS) is 2. The number of carboxylic acids is 2. The van der Waals surface area contributed by atoms with Crippen molar-refractivity contribution in [3.8, 4) is 0 Å². The number of ether oxygens (including phenoxy) is 2. The quantitative estimate of drug-likeness (QED) is 0.311. The van der Waals surface area contributed by atoms with Gasteiger partial charge < -0.3 is 29.3 Å². The maximum atomic E-state index is 11.0. The molecule has 0 saturated carbocycles. The molecule has 0 N–H and O–H groups in total. The molecule has 0 unspecified atom stereocenters. The number of carbonyl (C=O) groups excluding carboxylic acids is 6. The second kappa shape index (κ2) is 8.03. The summed E-state index contributed by atoms with van der Waals surface area (Å²) >= 11 is 0. The third-order valence-corrected chi connectivity index (χ3v) is 3.76. The summed E-state index contributed by atoms with van der Waals surface area (Å²) in [5.74, 6) is -5.97. The van der Waals surface area contributed by atoms with E-state index in [-0.39, 0.29) is 49.9 Å². The van der Waals surface area contributed by atoms with E-state index in [1.807, 2.05) is 0 Å². The Morgan fingerprint density at radius 2 is 0.897 bits per heavy atom. The van der Waals surface area contributed by atoms with Crippen LogP contribution in [0.5, 0.6) is 0 Å². The van der Waals surface area contributed by atoms with E-state index in [1.165, 1.54) is 24.3 Å². The molecule has 4 rings (SSSR count). The molecule has 2 aliphatic heterocycles. The number of aromatic carboxylic acids is 2. The van der Waals surface area contributed by atoms with Gasteiger partial charge in [-0.15, -0.1) is 0 Å². The van der Waals surface area contributed by atoms with Crippen molar-refractivity contribution in [3.05, 3.63) is 69.8 Å².